The summed E-state index contributed by atoms with van der Waals surface area (Å²) in [5, 5.41) is 4.34. The molecule has 6 heteroatoms. The first kappa shape index (κ1) is 13.3. The average molecular weight is 262 g/mol. The average Bonchev–Trinajstić information content (AvgIpc) is 2.76. The number of fused-ring (bicyclic) bond motifs is 1. The molecule has 0 radical (unpaired) electrons. The molecular formula is C13H18N4O2. The van der Waals surface area contributed by atoms with Crippen molar-refractivity contribution in [1.29, 1.82) is 0 Å². The van der Waals surface area contributed by atoms with Gasteiger partial charge in [-0.25, -0.2) is 9.50 Å². The zero-order chi connectivity index (χ0) is 13.8. The van der Waals surface area contributed by atoms with Crippen molar-refractivity contribution in [2.75, 3.05) is 24.6 Å². The number of carbonyl (C=O) groups excluding carboxylic acids is 1. The number of esters is 1. The number of carbonyl (C=O) groups is 1. The van der Waals surface area contributed by atoms with E-state index in [1.807, 2.05) is 24.8 Å². The van der Waals surface area contributed by atoms with Crippen LogP contribution in [-0.2, 0) is 9.53 Å². The summed E-state index contributed by atoms with van der Waals surface area (Å²) in [6, 6.07) is 1.95. The smallest absolute Gasteiger partial charge is 0.325 e. The highest BCUT2D eigenvalue weighted by Gasteiger charge is 2.15. The second-order valence-corrected chi connectivity index (χ2v) is 4.19. The van der Waals surface area contributed by atoms with Gasteiger partial charge in [0.05, 0.1) is 12.3 Å². The third kappa shape index (κ3) is 2.83. The largest absolute Gasteiger partial charge is 0.465 e. The molecular weight excluding hydrogens is 244 g/mol. The number of likely N-dealkylation sites (N-methyl/N-ethyl adjacent to an activating group) is 1. The Bertz CT molecular complexity index is 579. The van der Waals surface area contributed by atoms with Gasteiger partial charge in [-0.2, -0.15) is 5.10 Å². The molecule has 0 saturated heterocycles. The van der Waals surface area contributed by atoms with E-state index < -0.39 is 0 Å². The zero-order valence-electron chi connectivity index (χ0n) is 11.5. The van der Waals surface area contributed by atoms with E-state index in [0.717, 1.165) is 17.0 Å². The molecule has 2 heterocycles. The Kier molecular flexibility index (Phi) is 3.99. The van der Waals surface area contributed by atoms with Gasteiger partial charge in [0.15, 0.2) is 5.82 Å². The molecule has 6 nitrogen and oxygen atoms in total. The van der Waals surface area contributed by atoms with Gasteiger partial charge in [0, 0.05) is 18.9 Å². The van der Waals surface area contributed by atoms with Crippen molar-refractivity contribution < 1.29 is 9.53 Å². The van der Waals surface area contributed by atoms with Crippen LogP contribution in [0.3, 0.4) is 0 Å². The minimum Gasteiger partial charge on any atom is -0.465 e. The van der Waals surface area contributed by atoms with E-state index in [0.29, 0.717) is 13.2 Å². The topological polar surface area (TPSA) is 59.7 Å². The third-order valence-electron chi connectivity index (χ3n) is 2.80. The maximum atomic E-state index is 11.6. The number of hydrogen-bond donors (Lipinski definition) is 0. The fourth-order valence-corrected chi connectivity index (χ4v) is 1.97. The highest BCUT2D eigenvalue weighted by atomic mass is 16.5. The fraction of sp³-hybridized carbons (Fsp3) is 0.462. The summed E-state index contributed by atoms with van der Waals surface area (Å²) in [7, 11) is 0. The second-order valence-electron chi connectivity index (χ2n) is 4.19. The molecule has 19 heavy (non-hydrogen) atoms. The van der Waals surface area contributed by atoms with Crippen LogP contribution >= 0.6 is 0 Å². The van der Waals surface area contributed by atoms with E-state index >= 15 is 0 Å². The second kappa shape index (κ2) is 5.69. The van der Waals surface area contributed by atoms with E-state index in [2.05, 4.69) is 10.1 Å². The van der Waals surface area contributed by atoms with Gasteiger partial charge in [0.1, 0.15) is 12.1 Å². The molecule has 0 spiro atoms. The van der Waals surface area contributed by atoms with Crippen molar-refractivity contribution in [2.24, 2.45) is 0 Å². The lowest BCUT2D eigenvalue weighted by Gasteiger charge is -2.21. The highest BCUT2D eigenvalue weighted by Crippen LogP contribution is 2.19. The first-order chi connectivity index (χ1) is 9.15. The Morgan fingerprint density at radius 1 is 1.47 bits per heavy atom. The van der Waals surface area contributed by atoms with Gasteiger partial charge < -0.3 is 9.64 Å². The predicted molar refractivity (Wildman–Crippen MR) is 72.2 cm³/mol. The van der Waals surface area contributed by atoms with Crippen LogP contribution in [-0.4, -0.2) is 40.3 Å². The number of hydrogen-bond acceptors (Lipinski definition) is 5. The van der Waals surface area contributed by atoms with Crippen LogP contribution in [0.2, 0.25) is 0 Å². The molecule has 0 N–H and O–H groups in total. The molecule has 0 aliphatic heterocycles. The Hall–Kier alpha value is -2.11. The van der Waals surface area contributed by atoms with Crippen molar-refractivity contribution in [1.82, 2.24) is 14.6 Å². The molecule has 0 atom stereocenters. The van der Waals surface area contributed by atoms with Crippen LogP contribution in [0, 0.1) is 6.92 Å². The van der Waals surface area contributed by atoms with E-state index in [1.165, 1.54) is 0 Å². The first-order valence-corrected chi connectivity index (χ1v) is 6.37. The molecule has 0 fully saturated rings. The van der Waals surface area contributed by atoms with Crippen molar-refractivity contribution >= 4 is 17.3 Å². The van der Waals surface area contributed by atoms with Crippen LogP contribution in [0.4, 0.5) is 5.82 Å². The van der Waals surface area contributed by atoms with E-state index in [1.54, 1.807) is 23.8 Å². The van der Waals surface area contributed by atoms with Crippen molar-refractivity contribution in [3.05, 3.63) is 24.2 Å². The van der Waals surface area contributed by atoms with E-state index in [4.69, 9.17) is 4.74 Å². The molecule has 0 saturated carbocycles. The molecule has 2 aromatic rings. The summed E-state index contributed by atoms with van der Waals surface area (Å²) in [6.45, 7) is 6.97. The molecule has 0 unspecified atom stereocenters. The van der Waals surface area contributed by atoms with Crippen LogP contribution < -0.4 is 4.90 Å². The number of aromatic nitrogens is 3. The number of aryl methyl sites for hydroxylation is 1. The van der Waals surface area contributed by atoms with Gasteiger partial charge in [0.2, 0.25) is 0 Å². The third-order valence-corrected chi connectivity index (χ3v) is 2.80. The molecule has 0 aliphatic rings. The van der Waals surface area contributed by atoms with Crippen LogP contribution in [0.25, 0.3) is 5.52 Å². The summed E-state index contributed by atoms with van der Waals surface area (Å²) in [4.78, 5) is 17.9. The number of rotatable bonds is 5. The maximum Gasteiger partial charge on any atom is 0.325 e. The van der Waals surface area contributed by atoms with E-state index in [9.17, 15) is 4.79 Å². The minimum absolute atomic E-state index is 0.196. The monoisotopic (exact) mass is 262 g/mol. The summed E-state index contributed by atoms with van der Waals surface area (Å²) >= 11 is 0. The quantitative estimate of drug-likeness (QED) is 0.763. The van der Waals surface area contributed by atoms with Crippen LogP contribution in [0.15, 0.2) is 18.5 Å². The summed E-state index contributed by atoms with van der Waals surface area (Å²) in [5.74, 6) is 0.503. The normalized spacial score (nSPS) is 10.7. The maximum absolute atomic E-state index is 11.6. The van der Waals surface area contributed by atoms with Gasteiger partial charge in [-0.1, -0.05) is 0 Å². The lowest BCUT2D eigenvalue weighted by molar-refractivity contribution is -0.141. The SMILES string of the molecule is CCOC(=O)CN(CC)c1nccn2nc(C)cc12. The molecule has 2 aromatic heterocycles. The number of anilines is 1. The predicted octanol–water partition coefficient (Wildman–Crippen LogP) is 1.43. The molecule has 2 rings (SSSR count). The zero-order valence-corrected chi connectivity index (χ0v) is 11.5. The van der Waals surface area contributed by atoms with Gasteiger partial charge in [-0.3, -0.25) is 4.79 Å². The standard InChI is InChI=1S/C13H18N4O2/c1-4-16(9-12(18)19-5-2)13-11-8-10(3)15-17(11)7-6-14-13/h6-8H,4-5,9H2,1-3H3. The summed E-state index contributed by atoms with van der Waals surface area (Å²) in [6.07, 6.45) is 3.48. The molecule has 0 bridgehead atoms. The van der Waals surface area contributed by atoms with Gasteiger partial charge in [-0.15, -0.1) is 0 Å². The fourth-order valence-electron chi connectivity index (χ4n) is 1.97. The van der Waals surface area contributed by atoms with Gasteiger partial charge >= 0.3 is 5.97 Å². The molecule has 0 amide bonds. The summed E-state index contributed by atoms with van der Waals surface area (Å²) < 4.78 is 6.75. The van der Waals surface area contributed by atoms with Crippen molar-refractivity contribution in [3.63, 3.8) is 0 Å². The molecule has 102 valence electrons. The van der Waals surface area contributed by atoms with Crippen molar-refractivity contribution in [3.8, 4) is 0 Å². The van der Waals surface area contributed by atoms with E-state index in [-0.39, 0.29) is 12.5 Å². The Morgan fingerprint density at radius 2 is 2.26 bits per heavy atom. The highest BCUT2D eigenvalue weighted by molar-refractivity contribution is 5.78. The summed E-state index contributed by atoms with van der Waals surface area (Å²) in [5.41, 5.74) is 1.81. The van der Waals surface area contributed by atoms with Crippen molar-refractivity contribution in [2.45, 2.75) is 20.8 Å². The Labute approximate surface area is 112 Å². The number of ether oxygens (including phenoxy) is 1. The lowest BCUT2D eigenvalue weighted by Crippen LogP contribution is -2.31. The van der Waals surface area contributed by atoms with Crippen LogP contribution in [0.1, 0.15) is 19.5 Å². The van der Waals surface area contributed by atoms with Gasteiger partial charge in [0.25, 0.3) is 0 Å². The van der Waals surface area contributed by atoms with Crippen LogP contribution in [0.5, 0.6) is 0 Å². The van der Waals surface area contributed by atoms with Gasteiger partial charge in [-0.05, 0) is 26.8 Å². The molecule has 0 aromatic carbocycles. The first-order valence-electron chi connectivity index (χ1n) is 6.37. The minimum atomic E-state index is -0.246. The lowest BCUT2D eigenvalue weighted by atomic mass is 10.3. The Morgan fingerprint density at radius 3 is 2.95 bits per heavy atom. The Balaban J connectivity index is 2.32. The molecule has 0 aliphatic carbocycles. The number of nitrogens with zero attached hydrogens (tertiary/aromatic N) is 4.